The van der Waals surface area contributed by atoms with Gasteiger partial charge in [-0.25, -0.2) is 18.7 Å². The number of amides is 1. The second-order valence-electron chi connectivity index (χ2n) is 8.06. The Bertz CT molecular complexity index is 876. The number of halogens is 2. The first-order chi connectivity index (χ1) is 13.6. The van der Waals surface area contributed by atoms with Gasteiger partial charge >= 0.3 is 0 Å². The minimum Gasteiger partial charge on any atom is -0.389 e. The van der Waals surface area contributed by atoms with Gasteiger partial charge in [0.05, 0.1) is 16.2 Å². The number of hydrogen-bond acceptors (Lipinski definition) is 6. The zero-order valence-electron chi connectivity index (χ0n) is 16.8. The molecule has 3 rings (SSSR count). The second-order valence-corrected chi connectivity index (χ2v) is 9.06. The van der Waals surface area contributed by atoms with Crippen molar-refractivity contribution in [2.45, 2.75) is 52.1 Å². The molecule has 1 aliphatic carbocycles. The van der Waals surface area contributed by atoms with Crippen LogP contribution in [0, 0.1) is 12.8 Å². The molecule has 1 fully saturated rings. The number of nitrogens with zero attached hydrogens (tertiary/aromatic N) is 2. The summed E-state index contributed by atoms with van der Waals surface area (Å²) in [5.41, 5.74) is -0.417. The van der Waals surface area contributed by atoms with Crippen LogP contribution in [0.4, 0.5) is 14.6 Å². The average molecular weight is 425 g/mol. The van der Waals surface area contributed by atoms with E-state index in [9.17, 15) is 18.7 Å². The summed E-state index contributed by atoms with van der Waals surface area (Å²) in [6.45, 7) is 5.63. The Hall–Kier alpha value is -2.13. The summed E-state index contributed by atoms with van der Waals surface area (Å²) in [5, 5.41) is 15.6. The van der Waals surface area contributed by atoms with Crippen molar-refractivity contribution in [3.8, 4) is 10.4 Å². The number of carbonyl (C=O) groups excluding carboxylic acids is 1. The lowest BCUT2D eigenvalue weighted by atomic mass is 9.85. The van der Waals surface area contributed by atoms with Gasteiger partial charge in [0.2, 0.25) is 0 Å². The number of aryl methyl sites for hydroxylation is 1. The second kappa shape index (κ2) is 8.71. The molecule has 0 spiro atoms. The number of rotatable bonds is 8. The summed E-state index contributed by atoms with van der Waals surface area (Å²) in [6.07, 6.45) is 2.28. The fraction of sp³-hybridized carbons (Fsp3) is 0.550. The monoisotopic (exact) mass is 424 g/mol. The summed E-state index contributed by atoms with van der Waals surface area (Å²) >= 11 is 1.04. The predicted molar refractivity (Wildman–Crippen MR) is 110 cm³/mol. The van der Waals surface area contributed by atoms with Crippen LogP contribution >= 0.6 is 11.3 Å². The molecule has 0 atom stereocenters. The average Bonchev–Trinajstić information content (AvgIpc) is 2.99. The fourth-order valence-electron chi connectivity index (χ4n) is 3.00. The van der Waals surface area contributed by atoms with Crippen LogP contribution in [0.25, 0.3) is 10.4 Å². The number of thiazole rings is 1. The van der Waals surface area contributed by atoms with E-state index in [0.29, 0.717) is 22.3 Å². The van der Waals surface area contributed by atoms with Gasteiger partial charge in [-0.15, -0.1) is 11.3 Å². The lowest BCUT2D eigenvalue weighted by Crippen LogP contribution is -2.38. The van der Waals surface area contributed by atoms with Crippen LogP contribution in [-0.4, -0.2) is 39.7 Å². The maximum atomic E-state index is 13.7. The Morgan fingerprint density at radius 1 is 1.41 bits per heavy atom. The van der Waals surface area contributed by atoms with Gasteiger partial charge in [0.15, 0.2) is 5.01 Å². The van der Waals surface area contributed by atoms with Crippen LogP contribution in [-0.2, 0) is 0 Å². The summed E-state index contributed by atoms with van der Waals surface area (Å²) in [4.78, 5) is 21.3. The van der Waals surface area contributed by atoms with Crippen LogP contribution in [0.2, 0.25) is 0 Å². The van der Waals surface area contributed by atoms with Gasteiger partial charge in [-0.3, -0.25) is 4.79 Å². The maximum Gasteiger partial charge on any atom is 0.280 e. The van der Waals surface area contributed by atoms with Gasteiger partial charge in [-0.05, 0) is 45.6 Å². The molecular formula is C20H26F2N4O2S. The number of nitrogens with one attached hydrogen (secondary N) is 2. The van der Waals surface area contributed by atoms with E-state index in [2.05, 4.69) is 20.6 Å². The molecule has 2 aromatic heterocycles. The highest BCUT2D eigenvalue weighted by molar-refractivity contribution is 7.17. The molecule has 0 saturated heterocycles. The van der Waals surface area contributed by atoms with Crippen LogP contribution in [0.3, 0.4) is 0 Å². The number of aliphatic hydroxyl groups is 1. The first-order valence-electron chi connectivity index (χ1n) is 9.64. The van der Waals surface area contributed by atoms with E-state index in [4.69, 9.17) is 0 Å². The molecule has 9 heteroatoms. The maximum absolute atomic E-state index is 13.7. The van der Waals surface area contributed by atoms with Crippen molar-refractivity contribution in [1.82, 2.24) is 15.3 Å². The van der Waals surface area contributed by atoms with Crippen LogP contribution in [0.5, 0.6) is 0 Å². The largest absolute Gasteiger partial charge is 0.389 e. The Balaban J connectivity index is 1.81. The van der Waals surface area contributed by atoms with E-state index >= 15 is 0 Å². The zero-order chi connectivity index (χ0) is 21.2. The number of hydrogen-bond donors (Lipinski definition) is 3. The normalized spacial score (nSPS) is 14.7. The van der Waals surface area contributed by atoms with Crippen LogP contribution < -0.4 is 10.6 Å². The van der Waals surface area contributed by atoms with E-state index < -0.39 is 17.9 Å². The molecule has 0 unspecified atom stereocenters. The van der Waals surface area contributed by atoms with E-state index in [1.807, 2.05) is 0 Å². The van der Waals surface area contributed by atoms with E-state index in [0.717, 1.165) is 30.7 Å². The minimum atomic E-state index is -2.67. The third kappa shape index (κ3) is 5.48. The van der Waals surface area contributed by atoms with E-state index in [1.165, 1.54) is 18.7 Å². The molecule has 0 aromatic carbocycles. The fourth-order valence-corrected chi connectivity index (χ4v) is 4.01. The van der Waals surface area contributed by atoms with Crippen molar-refractivity contribution in [2.24, 2.45) is 5.92 Å². The molecule has 2 heterocycles. The number of anilines is 1. The number of aromatic nitrogens is 2. The smallest absolute Gasteiger partial charge is 0.280 e. The van der Waals surface area contributed by atoms with Gasteiger partial charge < -0.3 is 15.7 Å². The standard InChI is InChI=1S/C20H26F2N4O2S/c1-11-16(29-19(26-11)18(27)25-10-20(2,3)28)14-9-24-15(7-13(14)17(21)22)23-8-12-5-4-6-12/h7,9,12,17,28H,4-6,8,10H2,1-3H3,(H,23,24)(H,25,27). The first kappa shape index (κ1) is 21.6. The van der Waals surface area contributed by atoms with Crippen molar-refractivity contribution in [3.05, 3.63) is 28.5 Å². The van der Waals surface area contributed by atoms with Gasteiger partial charge in [0.25, 0.3) is 12.3 Å². The van der Waals surface area contributed by atoms with Crippen LogP contribution in [0.1, 0.15) is 60.6 Å². The Labute approximate surface area is 172 Å². The van der Waals surface area contributed by atoms with Crippen LogP contribution in [0.15, 0.2) is 12.3 Å². The zero-order valence-corrected chi connectivity index (χ0v) is 17.6. The quantitative estimate of drug-likeness (QED) is 0.592. The van der Waals surface area contributed by atoms with Crippen molar-refractivity contribution >= 4 is 23.1 Å². The molecule has 0 radical (unpaired) electrons. The molecule has 3 N–H and O–H groups in total. The highest BCUT2D eigenvalue weighted by Crippen LogP contribution is 2.37. The number of alkyl halides is 2. The van der Waals surface area contributed by atoms with Gasteiger partial charge in [0, 0.05) is 30.4 Å². The SMILES string of the molecule is Cc1nc(C(=O)NCC(C)(C)O)sc1-c1cnc(NCC2CCC2)cc1C(F)F. The van der Waals surface area contributed by atoms with E-state index in [1.54, 1.807) is 20.8 Å². The topological polar surface area (TPSA) is 87.1 Å². The van der Waals surface area contributed by atoms with Gasteiger partial charge in [-0.1, -0.05) is 6.42 Å². The Morgan fingerprint density at radius 3 is 2.72 bits per heavy atom. The van der Waals surface area contributed by atoms with Gasteiger partial charge in [-0.2, -0.15) is 0 Å². The van der Waals surface area contributed by atoms with Crippen molar-refractivity contribution in [2.75, 3.05) is 18.4 Å². The molecular weight excluding hydrogens is 398 g/mol. The minimum absolute atomic E-state index is 0.0605. The molecule has 0 aliphatic heterocycles. The molecule has 1 amide bonds. The van der Waals surface area contributed by atoms with Crippen molar-refractivity contribution in [1.29, 1.82) is 0 Å². The van der Waals surface area contributed by atoms with Crippen molar-refractivity contribution < 1.29 is 18.7 Å². The highest BCUT2D eigenvalue weighted by Gasteiger charge is 2.23. The summed E-state index contributed by atoms with van der Waals surface area (Å²) < 4.78 is 27.5. The summed E-state index contributed by atoms with van der Waals surface area (Å²) in [6, 6.07) is 1.38. The van der Waals surface area contributed by atoms with Gasteiger partial charge in [0.1, 0.15) is 5.82 Å². The van der Waals surface area contributed by atoms with Crippen molar-refractivity contribution in [3.63, 3.8) is 0 Å². The highest BCUT2D eigenvalue weighted by atomic mass is 32.1. The third-order valence-corrected chi connectivity index (χ3v) is 6.07. The molecule has 2 aromatic rings. The lowest BCUT2D eigenvalue weighted by molar-refractivity contribution is 0.0694. The summed E-state index contributed by atoms with van der Waals surface area (Å²) in [7, 11) is 0. The predicted octanol–water partition coefficient (Wildman–Crippen LogP) is 4.16. The Kier molecular flexibility index (Phi) is 6.48. The Morgan fingerprint density at radius 2 is 2.14 bits per heavy atom. The molecule has 158 valence electrons. The van der Waals surface area contributed by atoms with E-state index in [-0.39, 0.29) is 22.7 Å². The molecule has 29 heavy (non-hydrogen) atoms. The number of pyridine rings is 1. The molecule has 0 bridgehead atoms. The molecule has 1 aliphatic rings. The first-order valence-corrected chi connectivity index (χ1v) is 10.5. The molecule has 1 saturated carbocycles. The summed E-state index contributed by atoms with van der Waals surface area (Å²) in [5.74, 6) is 0.568. The number of carbonyl (C=O) groups is 1. The third-order valence-electron chi connectivity index (χ3n) is 4.88. The lowest BCUT2D eigenvalue weighted by Gasteiger charge is -2.25. The molecule has 6 nitrogen and oxygen atoms in total.